The third-order valence-corrected chi connectivity index (χ3v) is 3.90. The summed E-state index contributed by atoms with van der Waals surface area (Å²) in [6.07, 6.45) is 3.83. The molecule has 0 fully saturated rings. The van der Waals surface area contributed by atoms with E-state index in [4.69, 9.17) is 4.98 Å². The van der Waals surface area contributed by atoms with Gasteiger partial charge < -0.3 is 9.13 Å². The Balaban J connectivity index is 1.80. The second-order valence-electron chi connectivity index (χ2n) is 5.35. The molecule has 4 aromatic rings. The number of fused-ring (bicyclic) bond motifs is 1. The Hall–Kier alpha value is -2.88. The highest BCUT2D eigenvalue weighted by molar-refractivity contribution is 5.79. The summed E-state index contributed by atoms with van der Waals surface area (Å²) < 4.78 is 4.23. The molecule has 0 atom stereocenters. The summed E-state index contributed by atoms with van der Waals surface area (Å²) in [6, 6.07) is 18.5. The van der Waals surface area contributed by atoms with E-state index in [1.165, 1.54) is 5.56 Å². The molecule has 0 saturated carbocycles. The van der Waals surface area contributed by atoms with Crippen LogP contribution in [0.5, 0.6) is 0 Å². The average molecular weight is 288 g/mol. The molecule has 0 radical (unpaired) electrons. The Bertz CT molecular complexity index is 919. The number of imidazole rings is 2. The summed E-state index contributed by atoms with van der Waals surface area (Å²) in [4.78, 5) is 9.25. The van der Waals surface area contributed by atoms with Crippen LogP contribution in [0.15, 0.2) is 67.0 Å². The first-order chi connectivity index (χ1) is 10.8. The predicted molar refractivity (Wildman–Crippen MR) is 87.5 cm³/mol. The van der Waals surface area contributed by atoms with Crippen LogP contribution in [0.4, 0.5) is 0 Å². The Labute approximate surface area is 128 Å². The van der Waals surface area contributed by atoms with Crippen LogP contribution in [0.1, 0.15) is 5.56 Å². The normalized spacial score (nSPS) is 11.1. The highest BCUT2D eigenvalue weighted by atomic mass is 15.2. The minimum atomic E-state index is 0.791. The van der Waals surface area contributed by atoms with Crippen molar-refractivity contribution in [2.75, 3.05) is 0 Å². The summed E-state index contributed by atoms with van der Waals surface area (Å²) in [6.45, 7) is 0.791. The molecule has 0 saturated heterocycles. The lowest BCUT2D eigenvalue weighted by Crippen LogP contribution is -2.04. The van der Waals surface area contributed by atoms with Crippen LogP contribution in [-0.2, 0) is 13.6 Å². The average Bonchev–Trinajstić information content (AvgIpc) is 3.13. The van der Waals surface area contributed by atoms with Crippen LogP contribution in [0, 0.1) is 0 Å². The molecule has 0 aliphatic rings. The van der Waals surface area contributed by atoms with Crippen LogP contribution < -0.4 is 0 Å². The van der Waals surface area contributed by atoms with Gasteiger partial charge in [-0.05, 0) is 17.7 Å². The Morgan fingerprint density at radius 3 is 2.50 bits per heavy atom. The van der Waals surface area contributed by atoms with Crippen LogP contribution in [0.25, 0.3) is 22.7 Å². The highest BCUT2D eigenvalue weighted by Crippen LogP contribution is 2.22. The van der Waals surface area contributed by atoms with Crippen LogP contribution in [-0.4, -0.2) is 19.1 Å². The number of benzene rings is 2. The van der Waals surface area contributed by atoms with Crippen molar-refractivity contribution in [3.63, 3.8) is 0 Å². The molecule has 0 bridgehead atoms. The predicted octanol–water partition coefficient (Wildman–Crippen LogP) is 3.49. The molecule has 0 amide bonds. The molecule has 22 heavy (non-hydrogen) atoms. The maximum atomic E-state index is 4.74. The van der Waals surface area contributed by atoms with Gasteiger partial charge in [0.1, 0.15) is 0 Å². The Kier molecular flexibility index (Phi) is 3.00. The van der Waals surface area contributed by atoms with Gasteiger partial charge in [0.15, 0.2) is 11.6 Å². The standard InChI is InChI=1S/C18H16N4/c1-21-16-10-6-5-9-15(16)20-18(21)17-19-11-12-22(17)13-14-7-3-2-4-8-14/h2-12H,13H2,1H3. The summed E-state index contributed by atoms with van der Waals surface area (Å²) in [5.74, 6) is 1.78. The van der Waals surface area contributed by atoms with Gasteiger partial charge in [-0.1, -0.05) is 42.5 Å². The Morgan fingerprint density at radius 1 is 0.909 bits per heavy atom. The lowest BCUT2D eigenvalue weighted by Gasteiger charge is -2.08. The molecule has 4 nitrogen and oxygen atoms in total. The van der Waals surface area contributed by atoms with E-state index in [1.54, 1.807) is 0 Å². The number of aryl methyl sites for hydroxylation is 1. The fourth-order valence-corrected chi connectivity index (χ4v) is 2.77. The molecule has 4 heteroatoms. The van der Waals surface area contributed by atoms with Gasteiger partial charge in [-0.2, -0.15) is 0 Å². The van der Waals surface area contributed by atoms with E-state index in [0.29, 0.717) is 0 Å². The van der Waals surface area contributed by atoms with Gasteiger partial charge in [-0.25, -0.2) is 9.97 Å². The zero-order valence-corrected chi connectivity index (χ0v) is 12.3. The van der Waals surface area contributed by atoms with Gasteiger partial charge in [0.2, 0.25) is 0 Å². The zero-order valence-electron chi connectivity index (χ0n) is 12.3. The number of hydrogen-bond donors (Lipinski definition) is 0. The van der Waals surface area contributed by atoms with Crippen molar-refractivity contribution in [1.82, 2.24) is 19.1 Å². The third-order valence-electron chi connectivity index (χ3n) is 3.90. The van der Waals surface area contributed by atoms with Crippen molar-refractivity contribution < 1.29 is 0 Å². The molecule has 0 aliphatic carbocycles. The smallest absolute Gasteiger partial charge is 0.177 e. The largest absolute Gasteiger partial charge is 0.324 e. The maximum absolute atomic E-state index is 4.74. The monoisotopic (exact) mass is 288 g/mol. The van der Waals surface area contributed by atoms with E-state index in [0.717, 1.165) is 29.2 Å². The topological polar surface area (TPSA) is 35.6 Å². The van der Waals surface area contributed by atoms with E-state index >= 15 is 0 Å². The van der Waals surface area contributed by atoms with Crippen molar-refractivity contribution in [3.05, 3.63) is 72.6 Å². The summed E-state index contributed by atoms with van der Waals surface area (Å²) in [5, 5.41) is 0. The van der Waals surface area contributed by atoms with E-state index in [2.05, 4.69) is 44.5 Å². The van der Waals surface area contributed by atoms with Crippen LogP contribution in [0.3, 0.4) is 0 Å². The number of nitrogens with zero attached hydrogens (tertiary/aromatic N) is 4. The molecule has 0 spiro atoms. The van der Waals surface area contributed by atoms with Crippen molar-refractivity contribution >= 4 is 11.0 Å². The van der Waals surface area contributed by atoms with Crippen molar-refractivity contribution in [3.8, 4) is 11.6 Å². The van der Waals surface area contributed by atoms with E-state index in [9.17, 15) is 0 Å². The lowest BCUT2D eigenvalue weighted by molar-refractivity contribution is 0.790. The summed E-state index contributed by atoms with van der Waals surface area (Å²) in [7, 11) is 2.03. The fourth-order valence-electron chi connectivity index (χ4n) is 2.77. The molecular weight excluding hydrogens is 272 g/mol. The molecule has 0 N–H and O–H groups in total. The van der Waals surface area contributed by atoms with Crippen LogP contribution >= 0.6 is 0 Å². The van der Waals surface area contributed by atoms with Gasteiger partial charge in [-0.3, -0.25) is 0 Å². The number of aromatic nitrogens is 4. The molecule has 4 rings (SSSR count). The lowest BCUT2D eigenvalue weighted by atomic mass is 10.2. The fraction of sp³-hybridized carbons (Fsp3) is 0.111. The highest BCUT2D eigenvalue weighted by Gasteiger charge is 2.14. The van der Waals surface area contributed by atoms with Gasteiger partial charge in [0.05, 0.1) is 11.0 Å². The summed E-state index contributed by atoms with van der Waals surface area (Å²) in [5.41, 5.74) is 3.36. The number of para-hydroxylation sites is 2. The second-order valence-corrected chi connectivity index (χ2v) is 5.35. The first kappa shape index (κ1) is 12.8. The Morgan fingerprint density at radius 2 is 1.68 bits per heavy atom. The molecule has 108 valence electrons. The minimum Gasteiger partial charge on any atom is -0.324 e. The van der Waals surface area contributed by atoms with E-state index in [1.807, 2.05) is 43.7 Å². The molecular formula is C18H16N4. The maximum Gasteiger partial charge on any atom is 0.177 e. The van der Waals surface area contributed by atoms with Crippen molar-refractivity contribution in [2.24, 2.45) is 7.05 Å². The second kappa shape index (κ2) is 5.15. The van der Waals surface area contributed by atoms with E-state index < -0.39 is 0 Å². The minimum absolute atomic E-state index is 0.791. The molecule has 2 aromatic carbocycles. The SMILES string of the molecule is Cn1c(-c2nccn2Cc2ccccc2)nc2ccccc21. The summed E-state index contributed by atoms with van der Waals surface area (Å²) >= 11 is 0. The quantitative estimate of drug-likeness (QED) is 0.578. The van der Waals surface area contributed by atoms with Crippen LogP contribution in [0.2, 0.25) is 0 Å². The number of hydrogen-bond acceptors (Lipinski definition) is 2. The number of rotatable bonds is 3. The molecule has 2 aromatic heterocycles. The van der Waals surface area contributed by atoms with Gasteiger partial charge in [0, 0.05) is 26.0 Å². The van der Waals surface area contributed by atoms with Gasteiger partial charge in [-0.15, -0.1) is 0 Å². The van der Waals surface area contributed by atoms with Crippen molar-refractivity contribution in [1.29, 1.82) is 0 Å². The third kappa shape index (κ3) is 2.09. The molecule has 2 heterocycles. The zero-order chi connectivity index (χ0) is 14.9. The van der Waals surface area contributed by atoms with Crippen molar-refractivity contribution in [2.45, 2.75) is 6.54 Å². The van der Waals surface area contributed by atoms with E-state index in [-0.39, 0.29) is 0 Å². The first-order valence-corrected chi connectivity index (χ1v) is 7.30. The molecule has 0 unspecified atom stereocenters. The van der Waals surface area contributed by atoms with Gasteiger partial charge >= 0.3 is 0 Å². The first-order valence-electron chi connectivity index (χ1n) is 7.30. The van der Waals surface area contributed by atoms with Gasteiger partial charge in [0.25, 0.3) is 0 Å². The molecule has 0 aliphatic heterocycles.